The lowest BCUT2D eigenvalue weighted by Crippen LogP contribution is -2.31. The van der Waals surface area contributed by atoms with E-state index >= 15 is 0 Å². The Balaban J connectivity index is 3.19. The van der Waals surface area contributed by atoms with Gasteiger partial charge in [0.15, 0.2) is 0 Å². The first-order valence-corrected chi connectivity index (χ1v) is 6.21. The molecule has 0 unspecified atom stereocenters. The number of anilines is 1. The van der Waals surface area contributed by atoms with Crippen LogP contribution in [0.15, 0.2) is 18.2 Å². The van der Waals surface area contributed by atoms with Crippen molar-refractivity contribution in [3.05, 3.63) is 29.3 Å². The smallest absolute Gasteiger partial charge is 0.395 e. The highest BCUT2D eigenvalue weighted by Crippen LogP contribution is 2.33. The molecule has 1 rings (SSSR count). The number of methoxy groups -OCH3 is 1. The summed E-state index contributed by atoms with van der Waals surface area (Å²) in [6.07, 6.45) is -4.58. The number of ether oxygens (including phenoxy) is 1. The van der Waals surface area contributed by atoms with Crippen LogP contribution in [0.4, 0.5) is 18.9 Å². The first-order valence-electron chi connectivity index (χ1n) is 6.21. The molecule has 4 N–H and O–H groups in total. The van der Waals surface area contributed by atoms with Gasteiger partial charge in [0, 0.05) is 31.5 Å². The van der Waals surface area contributed by atoms with Crippen LogP contribution in [-0.4, -0.2) is 44.4 Å². The summed E-state index contributed by atoms with van der Waals surface area (Å²) >= 11 is 0. The van der Waals surface area contributed by atoms with Crippen molar-refractivity contribution in [2.45, 2.75) is 6.18 Å². The van der Waals surface area contributed by atoms with Crippen molar-refractivity contribution in [3.8, 4) is 0 Å². The second kappa shape index (κ2) is 7.28. The number of hydrogen-bond acceptors (Lipinski definition) is 4. The monoisotopic (exact) mass is 305 g/mol. The molecular weight excluding hydrogens is 287 g/mol. The molecule has 0 heterocycles. The van der Waals surface area contributed by atoms with Gasteiger partial charge in [-0.25, -0.2) is 0 Å². The second-order valence-corrected chi connectivity index (χ2v) is 4.34. The highest BCUT2D eigenvalue weighted by molar-refractivity contribution is 5.97. The summed E-state index contributed by atoms with van der Waals surface area (Å²) in [5.74, 6) is -0.653. The van der Waals surface area contributed by atoms with Crippen LogP contribution in [0.2, 0.25) is 0 Å². The van der Waals surface area contributed by atoms with Gasteiger partial charge in [0.05, 0.1) is 18.8 Å². The average molecular weight is 305 g/mol. The minimum Gasteiger partial charge on any atom is -0.395 e. The number of amidine groups is 1. The average Bonchev–Trinajstić information content (AvgIpc) is 2.41. The molecule has 0 saturated heterocycles. The number of alkyl halides is 3. The molecule has 5 nitrogen and oxygen atoms in total. The van der Waals surface area contributed by atoms with E-state index in [1.165, 1.54) is 19.2 Å². The van der Waals surface area contributed by atoms with Crippen LogP contribution in [0, 0.1) is 5.41 Å². The van der Waals surface area contributed by atoms with Gasteiger partial charge >= 0.3 is 6.18 Å². The van der Waals surface area contributed by atoms with E-state index in [2.05, 4.69) is 0 Å². The molecule has 1 aromatic rings. The molecule has 0 aliphatic heterocycles. The summed E-state index contributed by atoms with van der Waals surface area (Å²) in [6, 6.07) is 3.39. The lowest BCUT2D eigenvalue weighted by molar-refractivity contribution is -0.137. The molecule has 0 radical (unpaired) electrons. The van der Waals surface area contributed by atoms with E-state index in [4.69, 9.17) is 21.0 Å². The van der Waals surface area contributed by atoms with Crippen LogP contribution in [0.3, 0.4) is 0 Å². The number of hydrogen-bond donors (Lipinski definition) is 3. The molecule has 0 aliphatic carbocycles. The van der Waals surface area contributed by atoms with Gasteiger partial charge in [-0.05, 0) is 18.2 Å². The number of nitrogens with two attached hydrogens (primary N) is 1. The second-order valence-electron chi connectivity index (χ2n) is 4.34. The maximum Gasteiger partial charge on any atom is 0.417 e. The maximum absolute atomic E-state index is 12.9. The molecule has 8 heteroatoms. The number of benzene rings is 1. The van der Waals surface area contributed by atoms with Gasteiger partial charge in [-0.15, -0.1) is 0 Å². The number of halogens is 3. The van der Waals surface area contributed by atoms with Crippen LogP contribution in [-0.2, 0) is 10.9 Å². The fraction of sp³-hybridized carbons (Fsp3) is 0.462. The Morgan fingerprint density at radius 2 is 2.05 bits per heavy atom. The highest BCUT2D eigenvalue weighted by atomic mass is 19.4. The first kappa shape index (κ1) is 17.3. The van der Waals surface area contributed by atoms with Crippen molar-refractivity contribution in [2.24, 2.45) is 5.73 Å². The third kappa shape index (κ3) is 4.61. The number of nitrogens with zero attached hydrogens (tertiary/aromatic N) is 1. The topological polar surface area (TPSA) is 82.6 Å². The molecule has 0 amide bonds. The Kier molecular flexibility index (Phi) is 5.98. The molecule has 0 fully saturated rings. The normalized spacial score (nSPS) is 11.5. The summed E-state index contributed by atoms with van der Waals surface area (Å²) in [7, 11) is 1.50. The van der Waals surface area contributed by atoms with Gasteiger partial charge in [0.2, 0.25) is 0 Å². The number of aliphatic hydroxyl groups excluding tert-OH is 1. The van der Waals surface area contributed by atoms with Crippen LogP contribution < -0.4 is 10.6 Å². The van der Waals surface area contributed by atoms with Crippen LogP contribution in [0.1, 0.15) is 11.1 Å². The molecule has 0 saturated carbocycles. The minimum absolute atomic E-state index is 0.153. The predicted octanol–water partition coefficient (Wildman–Crippen LogP) is 1.43. The summed E-state index contributed by atoms with van der Waals surface area (Å²) < 4.78 is 43.5. The fourth-order valence-corrected chi connectivity index (χ4v) is 1.89. The Morgan fingerprint density at radius 1 is 1.38 bits per heavy atom. The van der Waals surface area contributed by atoms with Gasteiger partial charge < -0.3 is 20.5 Å². The lowest BCUT2D eigenvalue weighted by Gasteiger charge is -2.25. The predicted molar refractivity (Wildman–Crippen MR) is 73.6 cm³/mol. The first-order chi connectivity index (χ1) is 9.81. The maximum atomic E-state index is 12.9. The van der Waals surface area contributed by atoms with E-state index in [9.17, 15) is 13.2 Å². The largest absolute Gasteiger partial charge is 0.417 e. The van der Waals surface area contributed by atoms with Gasteiger partial charge in [0.1, 0.15) is 5.84 Å². The third-order valence-corrected chi connectivity index (χ3v) is 2.90. The summed E-state index contributed by atoms with van der Waals surface area (Å²) in [6.45, 7) is 0.850. The van der Waals surface area contributed by atoms with Gasteiger partial charge in [-0.1, -0.05) is 0 Å². The van der Waals surface area contributed by atoms with E-state index in [1.54, 1.807) is 4.90 Å². The standard InChI is InChI=1S/C13H18F3N3O2/c1-21-7-5-19(4-6-20)9-2-3-11(13(14,15)16)10(8-9)12(17)18/h2-3,8,20H,4-7H2,1H3,(H3,17,18). The van der Waals surface area contributed by atoms with Gasteiger partial charge in [-0.2, -0.15) is 13.2 Å². The molecule has 21 heavy (non-hydrogen) atoms. The summed E-state index contributed by atoms with van der Waals surface area (Å²) in [5.41, 5.74) is 4.36. The van der Waals surface area contributed by atoms with Crippen molar-refractivity contribution in [1.29, 1.82) is 5.41 Å². The van der Waals surface area contributed by atoms with E-state index in [1.807, 2.05) is 0 Å². The molecule has 0 aliphatic rings. The van der Waals surface area contributed by atoms with Crippen molar-refractivity contribution in [1.82, 2.24) is 0 Å². The molecule has 0 atom stereocenters. The van der Waals surface area contributed by atoms with Crippen LogP contribution in [0.5, 0.6) is 0 Å². The Hall–Kier alpha value is -1.80. The number of rotatable bonds is 7. The molecule has 0 aromatic heterocycles. The van der Waals surface area contributed by atoms with Gasteiger partial charge in [0.25, 0.3) is 0 Å². The van der Waals surface area contributed by atoms with E-state index in [0.29, 0.717) is 18.8 Å². The molecular formula is C13H18F3N3O2. The summed E-state index contributed by atoms with van der Waals surface area (Å²) in [4.78, 5) is 1.66. The zero-order valence-corrected chi connectivity index (χ0v) is 11.6. The fourth-order valence-electron chi connectivity index (χ4n) is 1.89. The van der Waals surface area contributed by atoms with Gasteiger partial charge in [-0.3, -0.25) is 5.41 Å². The quantitative estimate of drug-likeness (QED) is 0.526. The molecule has 1 aromatic carbocycles. The number of aliphatic hydroxyl groups is 1. The molecule has 0 spiro atoms. The molecule has 118 valence electrons. The van der Waals surface area contributed by atoms with Crippen LogP contribution in [0.25, 0.3) is 0 Å². The van der Waals surface area contributed by atoms with E-state index in [0.717, 1.165) is 6.07 Å². The minimum atomic E-state index is -4.58. The number of nitrogens with one attached hydrogen (secondary N) is 1. The Morgan fingerprint density at radius 3 is 2.52 bits per heavy atom. The van der Waals surface area contributed by atoms with Crippen molar-refractivity contribution >= 4 is 11.5 Å². The van der Waals surface area contributed by atoms with Crippen molar-refractivity contribution in [3.63, 3.8) is 0 Å². The van der Waals surface area contributed by atoms with E-state index in [-0.39, 0.29) is 18.7 Å². The lowest BCUT2D eigenvalue weighted by atomic mass is 10.0. The summed E-state index contributed by atoms with van der Waals surface area (Å²) in [5, 5.41) is 16.3. The zero-order chi connectivity index (χ0) is 16.0. The zero-order valence-electron chi connectivity index (χ0n) is 11.6. The molecule has 0 bridgehead atoms. The Labute approximate surface area is 120 Å². The Bertz CT molecular complexity index is 492. The highest BCUT2D eigenvalue weighted by Gasteiger charge is 2.34. The SMILES string of the molecule is COCCN(CCO)c1ccc(C(F)(F)F)c(C(=N)N)c1. The van der Waals surface area contributed by atoms with Crippen molar-refractivity contribution in [2.75, 3.05) is 38.3 Å². The number of nitrogen functional groups attached to an aromatic ring is 1. The van der Waals surface area contributed by atoms with Crippen LogP contribution >= 0.6 is 0 Å². The van der Waals surface area contributed by atoms with Crippen molar-refractivity contribution < 1.29 is 23.0 Å². The third-order valence-electron chi connectivity index (χ3n) is 2.90. The van der Waals surface area contributed by atoms with E-state index < -0.39 is 17.6 Å².